The van der Waals surface area contributed by atoms with Crippen LogP contribution < -0.4 is 5.32 Å². The van der Waals surface area contributed by atoms with Crippen molar-refractivity contribution in [2.24, 2.45) is 0 Å². The second-order valence-electron chi connectivity index (χ2n) is 10.3. The third-order valence-electron chi connectivity index (χ3n) is 7.12. The van der Waals surface area contributed by atoms with Crippen molar-refractivity contribution < 1.29 is 44.9 Å². The fourth-order valence-corrected chi connectivity index (χ4v) is 4.54. The summed E-state index contributed by atoms with van der Waals surface area (Å²) >= 11 is 0. The summed E-state index contributed by atoms with van der Waals surface area (Å²) < 4.78 is 10.8. The first kappa shape index (κ1) is 34.2. The first-order chi connectivity index (χ1) is 17.8. The first-order valence-corrected chi connectivity index (χ1v) is 14.3. The summed E-state index contributed by atoms with van der Waals surface area (Å²) in [5.41, 5.74) is 0. The van der Waals surface area contributed by atoms with Crippen LogP contribution in [0.2, 0.25) is 0 Å². The number of amides is 1. The lowest BCUT2D eigenvalue weighted by atomic mass is 9.99. The van der Waals surface area contributed by atoms with Crippen molar-refractivity contribution in [3.63, 3.8) is 0 Å². The molecule has 0 spiro atoms. The molecule has 0 bridgehead atoms. The Balaban J connectivity index is 2.38. The molecular weight excluding hydrogens is 482 g/mol. The summed E-state index contributed by atoms with van der Waals surface area (Å²) in [5.74, 6) is -0.281. The van der Waals surface area contributed by atoms with E-state index in [0.29, 0.717) is 0 Å². The van der Waals surface area contributed by atoms with Crippen LogP contribution in [0.1, 0.15) is 104 Å². The molecule has 0 saturated carbocycles. The molecule has 10 nitrogen and oxygen atoms in total. The number of ether oxygens (including phenoxy) is 2. The van der Waals surface area contributed by atoms with Crippen LogP contribution in [-0.2, 0) is 14.3 Å². The topological polar surface area (TPSA) is 169 Å². The Hall–Kier alpha value is -0.850. The number of carbonyl (C=O) groups is 1. The number of hydrogen-bond acceptors (Lipinski definition) is 9. The number of hydrogen-bond donors (Lipinski definition) is 7. The number of aliphatic hydroxyl groups is 6. The Bertz CT molecular complexity index is 580. The molecule has 220 valence electrons. The predicted octanol–water partition coefficient (Wildman–Crippen LogP) is 1.51. The monoisotopic (exact) mass is 535 g/mol. The Morgan fingerprint density at radius 2 is 1.38 bits per heavy atom. The lowest BCUT2D eigenvalue weighted by molar-refractivity contribution is -0.303. The Morgan fingerprint density at radius 3 is 1.89 bits per heavy atom. The summed E-state index contributed by atoms with van der Waals surface area (Å²) in [4.78, 5) is 12.5. The van der Waals surface area contributed by atoms with Gasteiger partial charge in [0, 0.05) is 6.42 Å². The highest BCUT2D eigenvalue weighted by Crippen LogP contribution is 2.22. The number of carbonyl (C=O) groups excluding carboxylic acids is 1. The molecule has 1 aliphatic rings. The van der Waals surface area contributed by atoms with Gasteiger partial charge in [-0.05, 0) is 12.8 Å². The van der Waals surface area contributed by atoms with E-state index in [0.717, 1.165) is 25.7 Å². The molecule has 0 aromatic rings. The minimum atomic E-state index is -1.60. The molecule has 1 aliphatic heterocycles. The summed E-state index contributed by atoms with van der Waals surface area (Å²) in [5, 5.41) is 62.6. The predicted molar refractivity (Wildman–Crippen MR) is 140 cm³/mol. The van der Waals surface area contributed by atoms with Crippen molar-refractivity contribution >= 4 is 5.91 Å². The van der Waals surface area contributed by atoms with Crippen LogP contribution in [0.5, 0.6) is 0 Å². The highest BCUT2D eigenvalue weighted by molar-refractivity contribution is 5.76. The van der Waals surface area contributed by atoms with E-state index < -0.39 is 55.6 Å². The van der Waals surface area contributed by atoms with E-state index >= 15 is 0 Å². The maximum atomic E-state index is 12.5. The Kier molecular flexibility index (Phi) is 18.6. The van der Waals surface area contributed by atoms with E-state index in [4.69, 9.17) is 9.47 Å². The van der Waals surface area contributed by atoms with Crippen LogP contribution in [0.15, 0.2) is 0 Å². The lowest BCUT2D eigenvalue weighted by Gasteiger charge is -2.40. The second kappa shape index (κ2) is 20.1. The van der Waals surface area contributed by atoms with Gasteiger partial charge in [-0.1, -0.05) is 84.5 Å². The average Bonchev–Trinajstić information content (AvgIpc) is 2.90. The molecule has 0 aromatic carbocycles. The molecule has 10 heteroatoms. The van der Waals surface area contributed by atoms with Gasteiger partial charge in [-0.2, -0.15) is 0 Å². The van der Waals surface area contributed by atoms with Gasteiger partial charge in [0.15, 0.2) is 6.29 Å². The van der Waals surface area contributed by atoms with E-state index in [1.807, 2.05) is 0 Å². The quantitative estimate of drug-likeness (QED) is 0.108. The zero-order valence-electron chi connectivity index (χ0n) is 22.8. The number of unbranched alkanes of at least 4 members (excludes halogenated alkanes) is 11. The average molecular weight is 536 g/mol. The Labute approximate surface area is 222 Å². The molecule has 1 heterocycles. The van der Waals surface area contributed by atoms with Gasteiger partial charge in [-0.15, -0.1) is 0 Å². The van der Waals surface area contributed by atoms with Gasteiger partial charge in [0.1, 0.15) is 30.5 Å². The maximum Gasteiger partial charge on any atom is 0.220 e. The molecule has 7 N–H and O–H groups in total. The van der Waals surface area contributed by atoms with Gasteiger partial charge in [-0.25, -0.2) is 0 Å². The van der Waals surface area contributed by atoms with Crippen LogP contribution in [0, 0.1) is 0 Å². The third-order valence-corrected chi connectivity index (χ3v) is 7.12. The zero-order chi connectivity index (χ0) is 27.6. The smallest absolute Gasteiger partial charge is 0.220 e. The largest absolute Gasteiger partial charge is 0.394 e. The lowest BCUT2D eigenvalue weighted by Crippen LogP contribution is -2.60. The summed E-state index contributed by atoms with van der Waals surface area (Å²) in [6.07, 6.45) is 5.16. The molecule has 1 rings (SSSR count). The van der Waals surface area contributed by atoms with E-state index in [2.05, 4.69) is 12.2 Å². The Morgan fingerprint density at radius 1 is 0.838 bits per heavy atom. The summed E-state index contributed by atoms with van der Waals surface area (Å²) in [6, 6.07) is -0.979. The number of nitrogens with one attached hydrogen (secondary N) is 1. The highest BCUT2D eigenvalue weighted by Gasteiger charge is 2.44. The van der Waals surface area contributed by atoms with Crippen molar-refractivity contribution in [2.45, 2.75) is 153 Å². The van der Waals surface area contributed by atoms with E-state index in [-0.39, 0.29) is 25.4 Å². The number of aliphatic hydroxyl groups excluding tert-OH is 6. The third kappa shape index (κ3) is 13.2. The molecule has 0 aromatic heterocycles. The van der Waals surface area contributed by atoms with Crippen LogP contribution in [-0.4, -0.2) is 98.7 Å². The SMILES string of the molecule is CCCCCCCCCCCCCCC(=O)N[C@@H](COC1OC(CO)C(O)C(O)C1O)[C@H](O)[C@H](O)CC. The van der Waals surface area contributed by atoms with Gasteiger partial charge in [0.25, 0.3) is 0 Å². The van der Waals surface area contributed by atoms with Crippen molar-refractivity contribution in [3.05, 3.63) is 0 Å². The molecule has 5 unspecified atom stereocenters. The van der Waals surface area contributed by atoms with Gasteiger partial charge in [0.05, 0.1) is 25.4 Å². The van der Waals surface area contributed by atoms with Crippen LogP contribution in [0.3, 0.4) is 0 Å². The molecule has 1 fully saturated rings. The van der Waals surface area contributed by atoms with Crippen LogP contribution >= 0.6 is 0 Å². The first-order valence-electron chi connectivity index (χ1n) is 14.3. The fourth-order valence-electron chi connectivity index (χ4n) is 4.54. The van der Waals surface area contributed by atoms with E-state index in [9.17, 15) is 35.4 Å². The van der Waals surface area contributed by atoms with Gasteiger partial charge in [-0.3, -0.25) is 4.79 Å². The van der Waals surface area contributed by atoms with Gasteiger partial charge >= 0.3 is 0 Å². The van der Waals surface area contributed by atoms with Crippen LogP contribution in [0.25, 0.3) is 0 Å². The van der Waals surface area contributed by atoms with Gasteiger partial charge in [0.2, 0.25) is 5.91 Å². The number of rotatable bonds is 21. The molecule has 0 aliphatic carbocycles. The van der Waals surface area contributed by atoms with Crippen molar-refractivity contribution in [3.8, 4) is 0 Å². The van der Waals surface area contributed by atoms with Crippen LogP contribution in [0.4, 0.5) is 0 Å². The van der Waals surface area contributed by atoms with E-state index in [1.165, 1.54) is 51.4 Å². The van der Waals surface area contributed by atoms with E-state index in [1.54, 1.807) is 6.92 Å². The molecule has 1 saturated heterocycles. The summed E-state index contributed by atoms with van der Waals surface area (Å²) in [7, 11) is 0. The molecule has 1 amide bonds. The highest BCUT2D eigenvalue weighted by atomic mass is 16.7. The minimum absolute atomic E-state index is 0.256. The van der Waals surface area contributed by atoms with Crippen molar-refractivity contribution in [2.75, 3.05) is 13.2 Å². The minimum Gasteiger partial charge on any atom is -0.394 e. The molecule has 37 heavy (non-hydrogen) atoms. The molecule has 0 radical (unpaired) electrons. The van der Waals surface area contributed by atoms with Gasteiger partial charge < -0.3 is 45.4 Å². The second-order valence-corrected chi connectivity index (χ2v) is 10.3. The zero-order valence-corrected chi connectivity index (χ0v) is 22.8. The molecular formula is C27H53NO9. The van der Waals surface area contributed by atoms with Crippen molar-refractivity contribution in [1.29, 1.82) is 0 Å². The van der Waals surface area contributed by atoms with Crippen molar-refractivity contribution in [1.82, 2.24) is 5.32 Å². The standard InChI is InChI=1S/C27H53NO9/c1-3-5-6-7-8-9-10-11-12-13-14-15-16-22(31)28-19(23(32)20(30)4-2)18-36-27-26(35)25(34)24(33)21(17-29)37-27/h19-21,23-27,29-30,32-35H,3-18H2,1-2H3,(H,28,31)/t19-,20+,21?,23-,24?,25?,26?,27?/m0/s1. The summed E-state index contributed by atoms with van der Waals surface area (Å²) in [6.45, 7) is 3.01. The normalized spacial score (nSPS) is 26.5. The fraction of sp³-hybridized carbons (Fsp3) is 0.963. The molecule has 8 atom stereocenters. The maximum absolute atomic E-state index is 12.5.